The van der Waals surface area contributed by atoms with Crippen molar-refractivity contribution in [3.8, 4) is 0 Å². The first-order valence-electron chi connectivity index (χ1n) is 4.40. The maximum atomic E-state index is 12.1. The normalized spacial score (nSPS) is 24.7. The van der Waals surface area contributed by atoms with E-state index >= 15 is 0 Å². The molecule has 1 saturated heterocycles. The molecule has 14 heavy (non-hydrogen) atoms. The van der Waals surface area contributed by atoms with Crippen LogP contribution in [0.2, 0.25) is 0 Å². The lowest BCUT2D eigenvalue weighted by Crippen LogP contribution is -2.34. The maximum absolute atomic E-state index is 12.1. The molecule has 84 valence electrons. The van der Waals surface area contributed by atoms with Gasteiger partial charge in [0.1, 0.15) is 0 Å². The average Bonchev–Trinajstić information content (AvgIpc) is 2.53. The van der Waals surface area contributed by atoms with E-state index < -0.39 is 15.8 Å². The molecular weight excluding hydrogens is 214 g/mol. The number of nitrogens with zero attached hydrogens (tertiary/aromatic N) is 1. The summed E-state index contributed by atoms with van der Waals surface area (Å²) in [7, 11) is -2.60. The molecule has 1 rings (SSSR count). The molecule has 1 N–H and O–H groups in total. The van der Waals surface area contributed by atoms with Crippen LogP contribution in [-0.4, -0.2) is 45.2 Å². The summed E-state index contributed by atoms with van der Waals surface area (Å²) in [5, 5.41) is 2.90. The lowest BCUT2D eigenvalue weighted by Gasteiger charge is -2.15. The van der Waals surface area contributed by atoms with Gasteiger partial charge in [0.15, 0.2) is 0 Å². The van der Waals surface area contributed by atoms with Crippen molar-refractivity contribution in [1.82, 2.24) is 9.62 Å². The number of halogens is 2. The molecule has 0 radical (unpaired) electrons. The first-order valence-corrected chi connectivity index (χ1v) is 5.90. The van der Waals surface area contributed by atoms with Crippen LogP contribution in [0, 0.1) is 5.92 Å². The SMILES string of the molecule is CNCC1CCN(S(=O)(=O)C(F)F)C1. The molecule has 1 aliphatic heterocycles. The summed E-state index contributed by atoms with van der Waals surface area (Å²) < 4.78 is 47.2. The highest BCUT2D eigenvalue weighted by Crippen LogP contribution is 2.22. The summed E-state index contributed by atoms with van der Waals surface area (Å²) in [5.41, 5.74) is 0. The van der Waals surface area contributed by atoms with Gasteiger partial charge in [0, 0.05) is 13.1 Å². The molecule has 7 heteroatoms. The third kappa shape index (κ3) is 2.40. The molecule has 0 bridgehead atoms. The zero-order chi connectivity index (χ0) is 10.8. The van der Waals surface area contributed by atoms with E-state index in [1.807, 2.05) is 0 Å². The molecule has 1 heterocycles. The minimum atomic E-state index is -4.36. The Morgan fingerprint density at radius 1 is 1.57 bits per heavy atom. The van der Waals surface area contributed by atoms with E-state index in [2.05, 4.69) is 5.32 Å². The number of hydrogen-bond acceptors (Lipinski definition) is 3. The second-order valence-corrected chi connectivity index (χ2v) is 5.28. The monoisotopic (exact) mass is 228 g/mol. The van der Waals surface area contributed by atoms with Crippen LogP contribution in [0.15, 0.2) is 0 Å². The van der Waals surface area contributed by atoms with E-state index in [1.54, 1.807) is 7.05 Å². The number of rotatable bonds is 4. The Morgan fingerprint density at radius 2 is 2.21 bits per heavy atom. The van der Waals surface area contributed by atoms with E-state index in [0.717, 1.165) is 4.31 Å². The van der Waals surface area contributed by atoms with E-state index in [9.17, 15) is 17.2 Å². The minimum absolute atomic E-state index is 0.147. The Balaban J connectivity index is 2.58. The fourth-order valence-corrected chi connectivity index (χ4v) is 2.60. The van der Waals surface area contributed by atoms with Crippen molar-refractivity contribution in [3.63, 3.8) is 0 Å². The lowest BCUT2D eigenvalue weighted by molar-refractivity contribution is 0.222. The molecule has 1 fully saturated rings. The molecular formula is C7H14F2N2O2S. The van der Waals surface area contributed by atoms with Crippen molar-refractivity contribution in [2.45, 2.75) is 12.2 Å². The van der Waals surface area contributed by atoms with E-state index in [1.165, 1.54) is 0 Å². The minimum Gasteiger partial charge on any atom is -0.319 e. The molecule has 0 saturated carbocycles. The topological polar surface area (TPSA) is 49.4 Å². The Labute approximate surface area is 82.3 Å². The summed E-state index contributed by atoms with van der Waals surface area (Å²) in [6.07, 6.45) is 0.646. The first kappa shape index (κ1) is 11.8. The number of sulfonamides is 1. The van der Waals surface area contributed by atoms with Gasteiger partial charge < -0.3 is 5.32 Å². The third-order valence-corrected chi connectivity index (χ3v) is 3.83. The van der Waals surface area contributed by atoms with Crippen LogP contribution in [0.1, 0.15) is 6.42 Å². The van der Waals surface area contributed by atoms with Crippen molar-refractivity contribution in [1.29, 1.82) is 0 Å². The van der Waals surface area contributed by atoms with Crippen LogP contribution in [0.5, 0.6) is 0 Å². The zero-order valence-corrected chi connectivity index (χ0v) is 8.73. The molecule has 0 aromatic carbocycles. The molecule has 0 spiro atoms. The third-order valence-electron chi connectivity index (χ3n) is 2.33. The molecule has 4 nitrogen and oxygen atoms in total. The van der Waals surface area contributed by atoms with Crippen molar-refractivity contribution < 1.29 is 17.2 Å². The van der Waals surface area contributed by atoms with Gasteiger partial charge in [-0.05, 0) is 25.9 Å². The van der Waals surface area contributed by atoms with E-state index in [4.69, 9.17) is 0 Å². The lowest BCUT2D eigenvalue weighted by atomic mass is 10.1. The van der Waals surface area contributed by atoms with E-state index in [-0.39, 0.29) is 19.0 Å². The summed E-state index contributed by atoms with van der Waals surface area (Å²) in [4.78, 5) is 0. The summed E-state index contributed by atoms with van der Waals surface area (Å²) in [6, 6.07) is 0. The smallest absolute Gasteiger partial charge is 0.319 e. The summed E-state index contributed by atoms with van der Waals surface area (Å²) in [5.74, 6) is -3.15. The highest BCUT2D eigenvalue weighted by Gasteiger charge is 2.36. The van der Waals surface area contributed by atoms with Gasteiger partial charge in [-0.25, -0.2) is 8.42 Å². The van der Waals surface area contributed by atoms with Crippen molar-refractivity contribution >= 4 is 10.0 Å². The van der Waals surface area contributed by atoms with Crippen molar-refractivity contribution in [3.05, 3.63) is 0 Å². The van der Waals surface area contributed by atoms with Crippen LogP contribution in [0.4, 0.5) is 8.78 Å². The highest BCUT2D eigenvalue weighted by molar-refractivity contribution is 7.89. The van der Waals surface area contributed by atoms with Crippen LogP contribution in [0.3, 0.4) is 0 Å². The Morgan fingerprint density at radius 3 is 2.71 bits per heavy atom. The Hall–Kier alpha value is -0.270. The average molecular weight is 228 g/mol. The second-order valence-electron chi connectivity index (χ2n) is 3.38. The van der Waals surface area contributed by atoms with Gasteiger partial charge in [-0.1, -0.05) is 0 Å². The Bertz CT molecular complexity index is 281. The van der Waals surface area contributed by atoms with Crippen LogP contribution in [0.25, 0.3) is 0 Å². The van der Waals surface area contributed by atoms with Gasteiger partial charge in [-0.15, -0.1) is 0 Å². The number of nitrogens with one attached hydrogen (secondary N) is 1. The maximum Gasteiger partial charge on any atom is 0.350 e. The summed E-state index contributed by atoms with van der Waals surface area (Å²) in [6.45, 7) is 1.07. The quantitative estimate of drug-likeness (QED) is 0.741. The largest absolute Gasteiger partial charge is 0.350 e. The fourth-order valence-electron chi connectivity index (χ4n) is 1.60. The van der Waals surface area contributed by atoms with Gasteiger partial charge in [0.05, 0.1) is 0 Å². The predicted octanol–water partition coefficient (Wildman–Crippen LogP) is 0.0801. The molecule has 0 aliphatic carbocycles. The number of hydrogen-bond donors (Lipinski definition) is 1. The fraction of sp³-hybridized carbons (Fsp3) is 1.00. The molecule has 1 aliphatic rings. The van der Waals surface area contributed by atoms with Crippen LogP contribution in [-0.2, 0) is 10.0 Å². The van der Waals surface area contributed by atoms with Crippen LogP contribution >= 0.6 is 0 Å². The van der Waals surface area contributed by atoms with Crippen LogP contribution < -0.4 is 5.32 Å². The molecule has 0 aromatic rings. The molecule has 1 atom stereocenters. The summed E-state index contributed by atoms with van der Waals surface area (Å²) >= 11 is 0. The van der Waals surface area contributed by atoms with Crippen molar-refractivity contribution in [2.24, 2.45) is 5.92 Å². The highest BCUT2D eigenvalue weighted by atomic mass is 32.2. The van der Waals surface area contributed by atoms with E-state index in [0.29, 0.717) is 13.0 Å². The van der Waals surface area contributed by atoms with Crippen molar-refractivity contribution in [2.75, 3.05) is 26.7 Å². The van der Waals surface area contributed by atoms with Gasteiger partial charge in [-0.3, -0.25) is 0 Å². The number of alkyl halides is 2. The zero-order valence-electron chi connectivity index (χ0n) is 7.91. The Kier molecular flexibility index (Phi) is 3.79. The molecule has 1 unspecified atom stereocenters. The predicted molar refractivity (Wildman–Crippen MR) is 48.5 cm³/mol. The second kappa shape index (κ2) is 4.50. The van der Waals surface area contributed by atoms with Gasteiger partial charge >= 0.3 is 5.76 Å². The first-order chi connectivity index (χ1) is 6.48. The van der Waals surface area contributed by atoms with Gasteiger partial charge in [0.2, 0.25) is 0 Å². The van der Waals surface area contributed by atoms with Gasteiger partial charge in [0.25, 0.3) is 10.0 Å². The molecule has 0 amide bonds. The molecule has 0 aromatic heterocycles. The van der Waals surface area contributed by atoms with Gasteiger partial charge in [-0.2, -0.15) is 13.1 Å². The standard InChI is InChI=1S/C7H14F2N2O2S/c1-10-4-6-2-3-11(5-6)14(12,13)7(8)9/h6-7,10H,2-5H2,1H3.